The molecule has 1 saturated heterocycles. The Morgan fingerprint density at radius 2 is 2.00 bits per heavy atom. The summed E-state index contributed by atoms with van der Waals surface area (Å²) in [6.45, 7) is 9.40. The Kier molecular flexibility index (Phi) is 6.76. The molecule has 2 aromatic rings. The predicted octanol–water partition coefficient (Wildman–Crippen LogP) is 3.34. The Labute approximate surface area is 161 Å². The summed E-state index contributed by atoms with van der Waals surface area (Å²) in [5.74, 6) is 2.30. The van der Waals surface area contributed by atoms with Crippen molar-refractivity contribution in [1.82, 2.24) is 15.1 Å². The van der Waals surface area contributed by atoms with E-state index in [1.165, 1.54) is 0 Å². The van der Waals surface area contributed by atoms with Gasteiger partial charge in [0.25, 0.3) is 0 Å². The number of carbonyl (C=O) groups is 1. The molecule has 1 N–H and O–H groups in total. The first-order chi connectivity index (χ1) is 13.1. The third kappa shape index (κ3) is 6.03. The number of carbonyl (C=O) groups excluding carboxylic acids is 1. The van der Waals surface area contributed by atoms with Gasteiger partial charge in [0.1, 0.15) is 11.5 Å². The molecule has 0 spiro atoms. The molecule has 0 unspecified atom stereocenters. The molecule has 6 nitrogen and oxygen atoms in total. The van der Waals surface area contributed by atoms with Crippen LogP contribution in [0.15, 0.2) is 47.1 Å². The number of furan rings is 1. The number of ether oxygens (including phenoxy) is 1. The lowest BCUT2D eigenvalue weighted by Crippen LogP contribution is -2.51. The van der Waals surface area contributed by atoms with Crippen LogP contribution in [-0.4, -0.2) is 48.6 Å². The van der Waals surface area contributed by atoms with E-state index in [0.717, 1.165) is 49.8 Å². The summed E-state index contributed by atoms with van der Waals surface area (Å²) in [6.07, 6.45) is 1.70. The van der Waals surface area contributed by atoms with E-state index in [1.54, 1.807) is 6.26 Å². The van der Waals surface area contributed by atoms with Gasteiger partial charge in [-0.05, 0) is 35.7 Å². The maximum atomic E-state index is 12.4. The van der Waals surface area contributed by atoms with Gasteiger partial charge < -0.3 is 19.4 Å². The third-order valence-electron chi connectivity index (χ3n) is 4.54. The summed E-state index contributed by atoms with van der Waals surface area (Å²) in [4.78, 5) is 16.6. The fraction of sp³-hybridized carbons (Fsp3) is 0.476. The van der Waals surface area contributed by atoms with Gasteiger partial charge in [-0.25, -0.2) is 4.79 Å². The molecule has 1 fully saturated rings. The van der Waals surface area contributed by atoms with Gasteiger partial charge in [-0.3, -0.25) is 4.90 Å². The molecule has 1 aliphatic rings. The van der Waals surface area contributed by atoms with Crippen molar-refractivity contribution in [3.63, 3.8) is 0 Å². The molecule has 0 atom stereocenters. The Morgan fingerprint density at radius 3 is 2.70 bits per heavy atom. The number of benzene rings is 1. The molecule has 27 heavy (non-hydrogen) atoms. The van der Waals surface area contributed by atoms with E-state index >= 15 is 0 Å². The van der Waals surface area contributed by atoms with Gasteiger partial charge in [-0.2, -0.15) is 0 Å². The van der Waals surface area contributed by atoms with Crippen molar-refractivity contribution in [2.45, 2.75) is 26.9 Å². The van der Waals surface area contributed by atoms with Crippen molar-refractivity contribution in [3.8, 4) is 5.75 Å². The van der Waals surface area contributed by atoms with Crippen LogP contribution in [0.2, 0.25) is 0 Å². The zero-order valence-electron chi connectivity index (χ0n) is 16.2. The number of amides is 2. The van der Waals surface area contributed by atoms with E-state index in [9.17, 15) is 4.79 Å². The third-order valence-corrected chi connectivity index (χ3v) is 4.54. The van der Waals surface area contributed by atoms with E-state index in [0.29, 0.717) is 19.1 Å². The first-order valence-corrected chi connectivity index (χ1v) is 9.59. The molecule has 2 heterocycles. The van der Waals surface area contributed by atoms with Crippen LogP contribution < -0.4 is 10.1 Å². The molecule has 1 aromatic carbocycles. The first-order valence-electron chi connectivity index (χ1n) is 9.59. The Hall–Kier alpha value is -2.47. The van der Waals surface area contributed by atoms with Crippen LogP contribution >= 0.6 is 0 Å². The molecular weight excluding hydrogens is 342 g/mol. The topological polar surface area (TPSA) is 58.0 Å². The van der Waals surface area contributed by atoms with Crippen molar-refractivity contribution in [3.05, 3.63) is 54.0 Å². The van der Waals surface area contributed by atoms with Gasteiger partial charge in [-0.1, -0.05) is 26.0 Å². The zero-order chi connectivity index (χ0) is 19.1. The highest BCUT2D eigenvalue weighted by Crippen LogP contribution is 2.14. The number of nitrogens with zero attached hydrogens (tertiary/aromatic N) is 2. The second-order valence-electron chi connectivity index (χ2n) is 7.35. The normalized spacial score (nSPS) is 15.1. The summed E-state index contributed by atoms with van der Waals surface area (Å²) in [7, 11) is 0. The van der Waals surface area contributed by atoms with E-state index in [1.807, 2.05) is 41.3 Å². The van der Waals surface area contributed by atoms with Crippen LogP contribution in [0.25, 0.3) is 0 Å². The van der Waals surface area contributed by atoms with Crippen LogP contribution in [0.5, 0.6) is 5.75 Å². The standard InChI is InChI=1S/C21H29N3O3/c1-17(2)16-27-19-6-3-5-18(13-19)14-22-21(25)24-10-8-23(9-11-24)15-20-7-4-12-26-20/h3-7,12-13,17H,8-11,14-16H2,1-2H3,(H,22,25). The van der Waals surface area contributed by atoms with Crippen molar-refractivity contribution in [2.24, 2.45) is 5.92 Å². The number of piperazine rings is 1. The van der Waals surface area contributed by atoms with E-state index in [2.05, 4.69) is 24.1 Å². The van der Waals surface area contributed by atoms with Crippen LogP contribution in [0.4, 0.5) is 4.79 Å². The molecule has 146 valence electrons. The number of hydrogen-bond donors (Lipinski definition) is 1. The summed E-state index contributed by atoms with van der Waals surface area (Å²) < 4.78 is 11.1. The Bertz CT molecular complexity index is 707. The van der Waals surface area contributed by atoms with Crippen molar-refractivity contribution >= 4 is 6.03 Å². The van der Waals surface area contributed by atoms with Crippen molar-refractivity contribution in [2.75, 3.05) is 32.8 Å². The molecular formula is C21H29N3O3. The average Bonchev–Trinajstić information content (AvgIpc) is 3.18. The van der Waals surface area contributed by atoms with E-state index in [-0.39, 0.29) is 6.03 Å². The minimum Gasteiger partial charge on any atom is -0.493 e. The minimum absolute atomic E-state index is 0.0128. The number of nitrogens with one attached hydrogen (secondary N) is 1. The van der Waals surface area contributed by atoms with Crippen LogP contribution in [0.1, 0.15) is 25.2 Å². The van der Waals surface area contributed by atoms with Crippen molar-refractivity contribution in [1.29, 1.82) is 0 Å². The lowest BCUT2D eigenvalue weighted by atomic mass is 10.2. The SMILES string of the molecule is CC(C)COc1cccc(CNC(=O)N2CCN(Cc3ccco3)CC2)c1. The van der Waals surface area contributed by atoms with Gasteiger partial charge in [0, 0.05) is 32.7 Å². The molecule has 0 saturated carbocycles. The quantitative estimate of drug-likeness (QED) is 0.811. The minimum atomic E-state index is -0.0128. The molecule has 0 bridgehead atoms. The second kappa shape index (κ2) is 9.46. The molecule has 6 heteroatoms. The summed E-state index contributed by atoms with van der Waals surface area (Å²) in [5, 5.41) is 3.02. The lowest BCUT2D eigenvalue weighted by Gasteiger charge is -2.34. The van der Waals surface area contributed by atoms with Crippen LogP contribution in [-0.2, 0) is 13.1 Å². The highest BCUT2D eigenvalue weighted by molar-refractivity contribution is 5.74. The van der Waals surface area contributed by atoms with Gasteiger partial charge in [-0.15, -0.1) is 0 Å². The average molecular weight is 371 g/mol. The first kappa shape index (κ1) is 19.3. The molecule has 1 aromatic heterocycles. The molecule has 0 radical (unpaired) electrons. The number of urea groups is 1. The Morgan fingerprint density at radius 1 is 1.19 bits per heavy atom. The van der Waals surface area contributed by atoms with Gasteiger partial charge >= 0.3 is 6.03 Å². The van der Waals surface area contributed by atoms with Crippen LogP contribution in [0.3, 0.4) is 0 Å². The highest BCUT2D eigenvalue weighted by atomic mass is 16.5. The Balaban J connectivity index is 1.41. The predicted molar refractivity (Wildman–Crippen MR) is 105 cm³/mol. The molecule has 2 amide bonds. The number of rotatable bonds is 7. The lowest BCUT2D eigenvalue weighted by molar-refractivity contribution is 0.130. The molecule has 3 rings (SSSR count). The monoisotopic (exact) mass is 371 g/mol. The highest BCUT2D eigenvalue weighted by Gasteiger charge is 2.21. The maximum Gasteiger partial charge on any atom is 0.317 e. The van der Waals surface area contributed by atoms with Gasteiger partial charge in [0.15, 0.2) is 0 Å². The number of hydrogen-bond acceptors (Lipinski definition) is 4. The van der Waals surface area contributed by atoms with Crippen molar-refractivity contribution < 1.29 is 13.9 Å². The van der Waals surface area contributed by atoms with E-state index < -0.39 is 0 Å². The second-order valence-corrected chi connectivity index (χ2v) is 7.35. The molecule has 0 aliphatic carbocycles. The molecule has 1 aliphatic heterocycles. The maximum absolute atomic E-state index is 12.4. The largest absolute Gasteiger partial charge is 0.493 e. The summed E-state index contributed by atoms with van der Waals surface area (Å²) >= 11 is 0. The summed E-state index contributed by atoms with van der Waals surface area (Å²) in [6, 6.07) is 11.8. The van der Waals surface area contributed by atoms with Gasteiger partial charge in [0.05, 0.1) is 19.4 Å². The van der Waals surface area contributed by atoms with Gasteiger partial charge in [0.2, 0.25) is 0 Å². The summed E-state index contributed by atoms with van der Waals surface area (Å²) in [5.41, 5.74) is 1.04. The fourth-order valence-corrected chi connectivity index (χ4v) is 3.03. The van der Waals surface area contributed by atoms with E-state index in [4.69, 9.17) is 9.15 Å². The van der Waals surface area contributed by atoms with Crippen LogP contribution in [0, 0.1) is 5.92 Å². The fourth-order valence-electron chi connectivity index (χ4n) is 3.03. The smallest absolute Gasteiger partial charge is 0.317 e. The zero-order valence-corrected chi connectivity index (χ0v) is 16.2.